The van der Waals surface area contributed by atoms with Crippen molar-refractivity contribution in [3.05, 3.63) is 30.3 Å². The van der Waals surface area contributed by atoms with Crippen molar-refractivity contribution >= 4 is 45.4 Å². The summed E-state index contributed by atoms with van der Waals surface area (Å²) >= 11 is 0. The summed E-state index contributed by atoms with van der Waals surface area (Å²) in [6.45, 7) is 0.532. The standard InChI is InChI=1S/C9H13NO3S.Na.H2O/c11-14(12,13)8-4-7-10-9-5-2-1-3-6-9;;/h1-3,5-6,10H,4,7-8H2,(H,11,12,13);;1H2. The van der Waals surface area contributed by atoms with Gasteiger partial charge in [-0.1, -0.05) is 18.2 Å². The zero-order valence-corrected chi connectivity index (χ0v) is 12.0. The van der Waals surface area contributed by atoms with Gasteiger partial charge in [-0.15, -0.1) is 0 Å². The van der Waals surface area contributed by atoms with Crippen molar-refractivity contribution in [1.82, 2.24) is 0 Å². The van der Waals surface area contributed by atoms with Gasteiger partial charge >= 0.3 is 0 Å². The minimum Gasteiger partial charge on any atom is -0.412 e. The molecule has 0 atom stereocenters. The van der Waals surface area contributed by atoms with E-state index in [4.69, 9.17) is 4.55 Å². The van der Waals surface area contributed by atoms with Crippen LogP contribution in [0.1, 0.15) is 6.42 Å². The molecular weight excluding hydrogens is 241 g/mol. The molecule has 1 radical (unpaired) electrons. The van der Waals surface area contributed by atoms with E-state index < -0.39 is 10.1 Å². The molecule has 0 heterocycles. The van der Waals surface area contributed by atoms with Gasteiger partial charge in [-0.3, -0.25) is 4.55 Å². The molecule has 0 unspecified atom stereocenters. The smallest absolute Gasteiger partial charge is 0.264 e. The molecule has 0 aliphatic carbocycles. The van der Waals surface area contributed by atoms with Gasteiger partial charge in [0.25, 0.3) is 10.1 Å². The van der Waals surface area contributed by atoms with Crippen LogP contribution in [0.15, 0.2) is 30.3 Å². The summed E-state index contributed by atoms with van der Waals surface area (Å²) in [5.74, 6) is -0.202. The Morgan fingerprint density at radius 3 is 2.25 bits per heavy atom. The fourth-order valence-electron chi connectivity index (χ4n) is 1.04. The molecule has 1 rings (SSSR count). The minimum absolute atomic E-state index is 0. The Labute approximate surface area is 118 Å². The van der Waals surface area contributed by atoms with Gasteiger partial charge in [0.05, 0.1) is 5.75 Å². The second kappa shape index (κ2) is 8.98. The third-order valence-electron chi connectivity index (χ3n) is 1.68. The summed E-state index contributed by atoms with van der Waals surface area (Å²) in [5.41, 5.74) is 0.947. The predicted octanol–water partition coefficient (Wildman–Crippen LogP) is 0.171. The fourth-order valence-corrected chi connectivity index (χ4v) is 1.55. The maximum Gasteiger partial charge on any atom is 0.264 e. The number of benzene rings is 1. The SMILES string of the molecule is O.O=S(=O)(O)CCCNc1ccccc1.[Na]. The summed E-state index contributed by atoms with van der Waals surface area (Å²) in [5, 5.41) is 3.04. The topological polar surface area (TPSA) is 97.9 Å². The number of hydrogen-bond acceptors (Lipinski definition) is 3. The van der Waals surface area contributed by atoms with Gasteiger partial charge < -0.3 is 10.8 Å². The second-order valence-corrected chi connectivity index (χ2v) is 4.50. The van der Waals surface area contributed by atoms with Gasteiger partial charge in [-0.25, -0.2) is 0 Å². The molecule has 7 heteroatoms. The third-order valence-corrected chi connectivity index (χ3v) is 2.49. The molecule has 1 aromatic carbocycles. The molecule has 0 aromatic heterocycles. The second-order valence-electron chi connectivity index (χ2n) is 2.93. The first-order valence-electron chi connectivity index (χ1n) is 4.32. The van der Waals surface area contributed by atoms with E-state index in [0.717, 1.165) is 5.69 Å². The molecule has 5 nitrogen and oxygen atoms in total. The summed E-state index contributed by atoms with van der Waals surface area (Å²) in [6.07, 6.45) is 0.397. The molecule has 87 valence electrons. The van der Waals surface area contributed by atoms with Crippen LogP contribution in [0.2, 0.25) is 0 Å². The normalized spacial score (nSPS) is 9.81. The molecule has 0 fully saturated rings. The molecule has 0 saturated carbocycles. The van der Waals surface area contributed by atoms with Crippen molar-refractivity contribution in [1.29, 1.82) is 0 Å². The van der Waals surface area contributed by atoms with Crippen molar-refractivity contribution in [2.24, 2.45) is 0 Å². The van der Waals surface area contributed by atoms with Crippen molar-refractivity contribution in [3.8, 4) is 0 Å². The largest absolute Gasteiger partial charge is 0.412 e. The van der Waals surface area contributed by atoms with Gasteiger partial charge in [0.2, 0.25) is 0 Å². The van der Waals surface area contributed by atoms with Crippen LogP contribution in [-0.4, -0.2) is 60.3 Å². The molecule has 0 aliphatic heterocycles. The number of para-hydroxylation sites is 1. The molecular formula is C9H15NNaO4S. The molecule has 0 saturated heterocycles. The Balaban J connectivity index is 0. The van der Waals surface area contributed by atoms with E-state index in [1.165, 1.54) is 0 Å². The first-order chi connectivity index (χ1) is 6.58. The van der Waals surface area contributed by atoms with E-state index in [-0.39, 0.29) is 40.8 Å². The zero-order valence-electron chi connectivity index (χ0n) is 9.18. The first kappa shape index (κ1) is 18.3. The average Bonchev–Trinajstić information content (AvgIpc) is 2.13. The quantitative estimate of drug-likeness (QED) is 0.446. The van der Waals surface area contributed by atoms with Crippen LogP contribution in [0.3, 0.4) is 0 Å². The van der Waals surface area contributed by atoms with Crippen LogP contribution in [0.25, 0.3) is 0 Å². The molecule has 16 heavy (non-hydrogen) atoms. The van der Waals surface area contributed by atoms with Crippen LogP contribution in [0.4, 0.5) is 5.69 Å². The molecule has 0 spiro atoms. The molecule has 4 N–H and O–H groups in total. The number of nitrogens with one attached hydrogen (secondary N) is 1. The maximum absolute atomic E-state index is 10.4. The molecule has 0 amide bonds. The van der Waals surface area contributed by atoms with Gasteiger partial charge in [-0.05, 0) is 18.6 Å². The molecule has 1 aromatic rings. The Bertz CT molecular complexity index is 368. The van der Waals surface area contributed by atoms with Crippen LogP contribution in [0.5, 0.6) is 0 Å². The van der Waals surface area contributed by atoms with E-state index in [1.54, 1.807) is 0 Å². The average molecular weight is 256 g/mol. The van der Waals surface area contributed by atoms with Crippen molar-refractivity contribution in [2.75, 3.05) is 17.6 Å². The summed E-state index contributed by atoms with van der Waals surface area (Å²) in [6, 6.07) is 9.49. The Morgan fingerprint density at radius 2 is 1.75 bits per heavy atom. The Morgan fingerprint density at radius 1 is 1.19 bits per heavy atom. The third kappa shape index (κ3) is 9.14. The monoisotopic (exact) mass is 256 g/mol. The van der Waals surface area contributed by atoms with Crippen molar-refractivity contribution in [2.45, 2.75) is 6.42 Å². The van der Waals surface area contributed by atoms with Crippen LogP contribution >= 0.6 is 0 Å². The Kier molecular flexibility index (Phi) is 10.2. The van der Waals surface area contributed by atoms with E-state index in [2.05, 4.69) is 5.32 Å². The number of anilines is 1. The Hall–Kier alpha value is -0.110. The first-order valence-corrected chi connectivity index (χ1v) is 5.93. The van der Waals surface area contributed by atoms with Crippen LogP contribution in [-0.2, 0) is 10.1 Å². The van der Waals surface area contributed by atoms with Crippen molar-refractivity contribution < 1.29 is 18.4 Å². The van der Waals surface area contributed by atoms with Crippen molar-refractivity contribution in [3.63, 3.8) is 0 Å². The van der Waals surface area contributed by atoms with Crippen LogP contribution in [0, 0.1) is 0 Å². The van der Waals surface area contributed by atoms with Crippen LogP contribution < -0.4 is 5.32 Å². The van der Waals surface area contributed by atoms with Gasteiger partial charge in [0.15, 0.2) is 0 Å². The fraction of sp³-hybridized carbons (Fsp3) is 0.333. The zero-order chi connectivity index (χ0) is 10.4. The number of hydrogen-bond donors (Lipinski definition) is 2. The number of rotatable bonds is 5. The minimum atomic E-state index is -3.82. The van der Waals surface area contributed by atoms with Gasteiger partial charge in [-0.2, -0.15) is 8.42 Å². The van der Waals surface area contributed by atoms with Gasteiger partial charge in [0.1, 0.15) is 0 Å². The maximum atomic E-state index is 10.4. The summed E-state index contributed by atoms with van der Waals surface area (Å²) < 4.78 is 29.2. The molecule has 0 aliphatic rings. The van der Waals surface area contributed by atoms with E-state index in [9.17, 15) is 8.42 Å². The van der Waals surface area contributed by atoms with E-state index in [1.807, 2.05) is 30.3 Å². The summed E-state index contributed by atoms with van der Waals surface area (Å²) in [4.78, 5) is 0. The molecule has 0 bridgehead atoms. The van der Waals surface area contributed by atoms with Gasteiger partial charge in [0, 0.05) is 41.8 Å². The van der Waals surface area contributed by atoms with E-state index in [0.29, 0.717) is 13.0 Å². The predicted molar refractivity (Wildman–Crippen MR) is 65.3 cm³/mol. The summed E-state index contributed by atoms with van der Waals surface area (Å²) in [7, 11) is -3.82. The van der Waals surface area contributed by atoms with E-state index >= 15 is 0 Å².